The quantitative estimate of drug-likeness (QED) is 0.803. The fourth-order valence-electron chi connectivity index (χ4n) is 1.94. The van der Waals surface area contributed by atoms with Crippen molar-refractivity contribution in [3.05, 3.63) is 41.7 Å². The normalized spacial score (nSPS) is 11.4. The van der Waals surface area contributed by atoms with E-state index in [2.05, 4.69) is 5.16 Å². The molecule has 20 heavy (non-hydrogen) atoms. The molecule has 0 N–H and O–H groups in total. The van der Waals surface area contributed by atoms with E-state index in [0.29, 0.717) is 11.5 Å². The lowest BCUT2D eigenvalue weighted by molar-refractivity contribution is -0.153. The van der Waals surface area contributed by atoms with Crippen LogP contribution in [0.3, 0.4) is 0 Å². The van der Waals surface area contributed by atoms with E-state index in [4.69, 9.17) is 9.26 Å². The van der Waals surface area contributed by atoms with E-state index >= 15 is 0 Å². The van der Waals surface area contributed by atoms with Gasteiger partial charge < -0.3 is 9.26 Å². The average Bonchev–Trinajstić information content (AvgIpc) is 2.70. The van der Waals surface area contributed by atoms with Crippen molar-refractivity contribution in [1.29, 1.82) is 0 Å². The molecule has 0 atom stereocenters. The van der Waals surface area contributed by atoms with Gasteiger partial charge >= 0.3 is 5.97 Å². The first kappa shape index (κ1) is 14.3. The molecule has 0 aliphatic rings. The molecule has 1 heterocycles. The number of rotatable bonds is 3. The van der Waals surface area contributed by atoms with E-state index < -0.39 is 5.60 Å². The number of aryl methyl sites for hydroxylation is 1. The van der Waals surface area contributed by atoms with Gasteiger partial charge in [0.1, 0.15) is 17.1 Å². The van der Waals surface area contributed by atoms with Gasteiger partial charge in [-0.3, -0.25) is 4.79 Å². The molecule has 0 aliphatic heterocycles. The molecule has 0 spiro atoms. The number of ether oxygens (including phenoxy) is 1. The number of carbonyl (C=O) groups excluding carboxylic acids is 1. The van der Waals surface area contributed by atoms with Crippen LogP contribution < -0.4 is 0 Å². The second-order valence-corrected chi connectivity index (χ2v) is 5.70. The topological polar surface area (TPSA) is 52.3 Å². The summed E-state index contributed by atoms with van der Waals surface area (Å²) >= 11 is 0. The van der Waals surface area contributed by atoms with Gasteiger partial charge in [0, 0.05) is 11.1 Å². The predicted molar refractivity (Wildman–Crippen MR) is 76.2 cm³/mol. The summed E-state index contributed by atoms with van der Waals surface area (Å²) in [5.41, 5.74) is 1.93. The van der Waals surface area contributed by atoms with E-state index in [9.17, 15) is 4.79 Å². The molecule has 1 aromatic carbocycles. The average molecular weight is 273 g/mol. The van der Waals surface area contributed by atoms with Gasteiger partial charge in [-0.05, 0) is 27.7 Å². The van der Waals surface area contributed by atoms with Crippen LogP contribution >= 0.6 is 0 Å². The second-order valence-electron chi connectivity index (χ2n) is 5.70. The molecule has 0 saturated carbocycles. The maximum absolute atomic E-state index is 12.0. The molecule has 0 saturated heterocycles. The fraction of sp³-hybridized carbons (Fsp3) is 0.375. The number of carbonyl (C=O) groups is 1. The molecular formula is C16H19NO3. The van der Waals surface area contributed by atoms with E-state index in [1.807, 2.05) is 51.1 Å². The molecule has 0 unspecified atom stereocenters. The van der Waals surface area contributed by atoms with Crippen molar-refractivity contribution in [2.75, 3.05) is 0 Å². The van der Waals surface area contributed by atoms with E-state index in [1.54, 1.807) is 6.92 Å². The Morgan fingerprint density at radius 3 is 2.50 bits per heavy atom. The fourth-order valence-corrected chi connectivity index (χ4v) is 1.94. The monoisotopic (exact) mass is 273 g/mol. The third kappa shape index (κ3) is 3.47. The van der Waals surface area contributed by atoms with Crippen LogP contribution in [0.2, 0.25) is 0 Å². The Morgan fingerprint density at radius 2 is 1.90 bits per heavy atom. The Labute approximate surface area is 118 Å². The van der Waals surface area contributed by atoms with Gasteiger partial charge in [0.05, 0.1) is 6.42 Å². The highest BCUT2D eigenvalue weighted by molar-refractivity contribution is 5.77. The molecule has 4 heteroatoms. The molecule has 106 valence electrons. The van der Waals surface area contributed by atoms with Crippen LogP contribution in [-0.2, 0) is 16.0 Å². The predicted octanol–water partition coefficient (Wildman–Crippen LogP) is 3.53. The Morgan fingerprint density at radius 1 is 1.25 bits per heavy atom. The number of nitrogens with zero attached hydrogens (tertiary/aromatic N) is 1. The largest absolute Gasteiger partial charge is 0.460 e. The third-order valence-corrected chi connectivity index (χ3v) is 2.77. The summed E-state index contributed by atoms with van der Waals surface area (Å²) in [6, 6.07) is 9.67. The maximum Gasteiger partial charge on any atom is 0.310 e. The Kier molecular flexibility index (Phi) is 3.93. The minimum absolute atomic E-state index is 0.164. The van der Waals surface area contributed by atoms with Gasteiger partial charge in [0.15, 0.2) is 0 Å². The number of benzene rings is 1. The summed E-state index contributed by atoms with van der Waals surface area (Å²) in [6.45, 7) is 7.36. The van der Waals surface area contributed by atoms with E-state index in [0.717, 1.165) is 11.1 Å². The van der Waals surface area contributed by atoms with Crippen LogP contribution in [-0.4, -0.2) is 16.7 Å². The molecule has 4 nitrogen and oxygen atoms in total. The van der Waals surface area contributed by atoms with Gasteiger partial charge in [0.2, 0.25) is 0 Å². The van der Waals surface area contributed by atoms with Crippen LogP contribution in [0, 0.1) is 6.92 Å². The van der Waals surface area contributed by atoms with Crippen molar-refractivity contribution in [3.8, 4) is 11.3 Å². The summed E-state index contributed by atoms with van der Waals surface area (Å²) in [7, 11) is 0. The maximum atomic E-state index is 12.0. The molecule has 0 aliphatic carbocycles. The number of esters is 1. The lowest BCUT2D eigenvalue weighted by Gasteiger charge is -2.19. The van der Waals surface area contributed by atoms with Gasteiger partial charge in [-0.2, -0.15) is 0 Å². The van der Waals surface area contributed by atoms with Crippen LogP contribution in [0.1, 0.15) is 32.1 Å². The zero-order chi connectivity index (χ0) is 14.8. The van der Waals surface area contributed by atoms with Crippen LogP contribution in [0.5, 0.6) is 0 Å². The first-order chi connectivity index (χ1) is 9.37. The van der Waals surface area contributed by atoms with Crippen molar-refractivity contribution in [3.63, 3.8) is 0 Å². The summed E-state index contributed by atoms with van der Waals surface area (Å²) in [6.07, 6.45) is 0.164. The summed E-state index contributed by atoms with van der Waals surface area (Å²) in [5.74, 6) is 0.371. The van der Waals surface area contributed by atoms with Crippen LogP contribution in [0.4, 0.5) is 0 Å². The standard InChI is InChI=1S/C16H19NO3/c1-11-13(10-14(18)19-16(2,3)4)15(17-20-11)12-8-6-5-7-9-12/h5-9H,10H2,1-4H3. The molecule has 0 bridgehead atoms. The highest BCUT2D eigenvalue weighted by Gasteiger charge is 2.21. The van der Waals surface area contributed by atoms with Crippen molar-refractivity contribution in [1.82, 2.24) is 5.16 Å². The summed E-state index contributed by atoms with van der Waals surface area (Å²) < 4.78 is 10.6. The third-order valence-electron chi connectivity index (χ3n) is 2.77. The van der Waals surface area contributed by atoms with Crippen molar-refractivity contribution < 1.29 is 14.1 Å². The molecule has 2 aromatic rings. The Hall–Kier alpha value is -2.10. The van der Waals surface area contributed by atoms with Gasteiger partial charge in [-0.1, -0.05) is 35.5 Å². The second kappa shape index (κ2) is 5.49. The number of hydrogen-bond acceptors (Lipinski definition) is 4. The number of aromatic nitrogens is 1. The molecule has 1 aromatic heterocycles. The van der Waals surface area contributed by atoms with Gasteiger partial charge in [0.25, 0.3) is 0 Å². The van der Waals surface area contributed by atoms with E-state index in [-0.39, 0.29) is 12.4 Å². The van der Waals surface area contributed by atoms with E-state index in [1.165, 1.54) is 0 Å². The molecule has 0 amide bonds. The number of hydrogen-bond donors (Lipinski definition) is 0. The van der Waals surface area contributed by atoms with Gasteiger partial charge in [-0.25, -0.2) is 0 Å². The minimum Gasteiger partial charge on any atom is -0.460 e. The van der Waals surface area contributed by atoms with Crippen molar-refractivity contribution in [2.24, 2.45) is 0 Å². The molecule has 2 rings (SSSR count). The first-order valence-electron chi connectivity index (χ1n) is 6.59. The van der Waals surface area contributed by atoms with Crippen molar-refractivity contribution >= 4 is 5.97 Å². The highest BCUT2D eigenvalue weighted by Crippen LogP contribution is 2.26. The SMILES string of the molecule is Cc1onc(-c2ccccc2)c1CC(=O)OC(C)(C)C. The first-order valence-corrected chi connectivity index (χ1v) is 6.59. The lowest BCUT2D eigenvalue weighted by Crippen LogP contribution is -2.25. The zero-order valence-corrected chi connectivity index (χ0v) is 12.3. The van der Waals surface area contributed by atoms with Crippen molar-refractivity contribution in [2.45, 2.75) is 39.7 Å². The highest BCUT2D eigenvalue weighted by atomic mass is 16.6. The Bertz CT molecular complexity index is 594. The molecular weight excluding hydrogens is 254 g/mol. The van der Waals surface area contributed by atoms with Crippen LogP contribution in [0.25, 0.3) is 11.3 Å². The summed E-state index contributed by atoms with van der Waals surface area (Å²) in [5, 5.41) is 4.05. The lowest BCUT2D eigenvalue weighted by atomic mass is 10.0. The smallest absolute Gasteiger partial charge is 0.310 e. The molecule has 0 fully saturated rings. The Balaban J connectivity index is 2.25. The van der Waals surface area contributed by atoms with Gasteiger partial charge in [-0.15, -0.1) is 0 Å². The minimum atomic E-state index is -0.491. The summed E-state index contributed by atoms with van der Waals surface area (Å²) in [4.78, 5) is 12.0. The zero-order valence-electron chi connectivity index (χ0n) is 12.3. The molecule has 0 radical (unpaired) electrons. The van der Waals surface area contributed by atoms with Crippen LogP contribution in [0.15, 0.2) is 34.9 Å².